The van der Waals surface area contributed by atoms with E-state index in [0.717, 1.165) is 4.90 Å². The van der Waals surface area contributed by atoms with Gasteiger partial charge in [-0.05, 0) is 61.5 Å². The average molecular weight is 439 g/mol. The van der Waals surface area contributed by atoms with Crippen LogP contribution >= 0.6 is 11.8 Å². The molecule has 7 nitrogen and oxygen atoms in total. The standard InChI is InChI=1S/C22H18FN3O4S/c1-14(21(27)24-17-7-5-16(23)6-8-17)31-20-11-9-18(10-12-20)25-22(28)15-3-2-4-19(13-15)26(29)30/h2-14H,1H3,(H,24,27)(H,25,28). The van der Waals surface area contributed by atoms with Gasteiger partial charge in [0.1, 0.15) is 5.82 Å². The fourth-order valence-corrected chi connectivity index (χ4v) is 3.48. The minimum absolute atomic E-state index is 0.160. The molecule has 158 valence electrons. The summed E-state index contributed by atoms with van der Waals surface area (Å²) in [6.07, 6.45) is 0. The lowest BCUT2D eigenvalue weighted by atomic mass is 10.2. The van der Waals surface area contributed by atoms with E-state index in [1.54, 1.807) is 31.2 Å². The Bertz CT molecular complexity index is 1100. The monoisotopic (exact) mass is 439 g/mol. The molecule has 0 saturated carbocycles. The maximum Gasteiger partial charge on any atom is 0.270 e. The third kappa shape index (κ3) is 6.13. The summed E-state index contributed by atoms with van der Waals surface area (Å²) in [6.45, 7) is 1.75. The summed E-state index contributed by atoms with van der Waals surface area (Å²) in [5.74, 6) is -1.06. The molecule has 1 unspecified atom stereocenters. The number of nitrogens with zero attached hydrogens (tertiary/aromatic N) is 1. The minimum atomic E-state index is -0.559. The zero-order valence-corrected chi connectivity index (χ0v) is 17.2. The van der Waals surface area contributed by atoms with Gasteiger partial charge in [0.15, 0.2) is 0 Å². The van der Waals surface area contributed by atoms with Crippen molar-refractivity contribution >= 4 is 40.6 Å². The normalized spacial score (nSPS) is 11.4. The van der Waals surface area contributed by atoms with Crippen molar-refractivity contribution in [2.75, 3.05) is 10.6 Å². The first-order chi connectivity index (χ1) is 14.8. The number of carbonyl (C=O) groups excluding carboxylic acids is 2. The number of carbonyl (C=O) groups is 2. The van der Waals surface area contributed by atoms with Crippen LogP contribution in [0.1, 0.15) is 17.3 Å². The van der Waals surface area contributed by atoms with E-state index in [-0.39, 0.29) is 23.0 Å². The van der Waals surface area contributed by atoms with Crippen LogP contribution in [-0.2, 0) is 4.79 Å². The number of benzene rings is 3. The van der Waals surface area contributed by atoms with Crippen LogP contribution in [0.15, 0.2) is 77.7 Å². The molecular formula is C22H18FN3O4S. The number of hydrogen-bond donors (Lipinski definition) is 2. The number of nitro benzene ring substituents is 1. The Balaban J connectivity index is 1.57. The van der Waals surface area contributed by atoms with Crippen molar-refractivity contribution < 1.29 is 18.9 Å². The van der Waals surface area contributed by atoms with Gasteiger partial charge in [-0.1, -0.05) is 6.07 Å². The Kier molecular flexibility index (Phi) is 6.99. The first kappa shape index (κ1) is 22.0. The van der Waals surface area contributed by atoms with Crippen LogP contribution in [0, 0.1) is 15.9 Å². The van der Waals surface area contributed by atoms with E-state index in [9.17, 15) is 24.1 Å². The van der Waals surface area contributed by atoms with Crippen LogP contribution in [-0.4, -0.2) is 22.0 Å². The quantitative estimate of drug-likeness (QED) is 0.303. The summed E-state index contributed by atoms with van der Waals surface area (Å²) < 4.78 is 13.0. The number of rotatable bonds is 7. The van der Waals surface area contributed by atoms with Gasteiger partial charge in [0, 0.05) is 34.0 Å². The molecule has 0 radical (unpaired) electrons. The molecule has 0 fully saturated rings. The SMILES string of the molecule is CC(Sc1ccc(NC(=O)c2cccc([N+](=O)[O-])c2)cc1)C(=O)Nc1ccc(F)cc1. The zero-order chi connectivity index (χ0) is 22.4. The lowest BCUT2D eigenvalue weighted by molar-refractivity contribution is -0.384. The number of hydrogen-bond acceptors (Lipinski definition) is 5. The molecule has 2 N–H and O–H groups in total. The predicted molar refractivity (Wildman–Crippen MR) is 118 cm³/mol. The number of nitrogens with one attached hydrogen (secondary N) is 2. The molecule has 0 aliphatic carbocycles. The Morgan fingerprint density at radius 3 is 2.23 bits per heavy atom. The summed E-state index contributed by atoms with van der Waals surface area (Å²) in [5.41, 5.74) is 1.05. The summed E-state index contributed by atoms with van der Waals surface area (Å²) in [4.78, 5) is 35.7. The van der Waals surface area contributed by atoms with Gasteiger partial charge in [-0.25, -0.2) is 4.39 Å². The topological polar surface area (TPSA) is 101 Å². The Morgan fingerprint density at radius 1 is 0.968 bits per heavy atom. The van der Waals surface area contributed by atoms with Crippen molar-refractivity contribution in [3.05, 3.63) is 94.3 Å². The van der Waals surface area contributed by atoms with Crippen LogP contribution in [0.4, 0.5) is 21.5 Å². The van der Waals surface area contributed by atoms with Crippen molar-refractivity contribution in [3.63, 3.8) is 0 Å². The molecule has 0 heterocycles. The second-order valence-corrected chi connectivity index (χ2v) is 7.96. The fourth-order valence-electron chi connectivity index (χ4n) is 2.62. The van der Waals surface area contributed by atoms with E-state index in [1.807, 2.05) is 0 Å². The summed E-state index contributed by atoms with van der Waals surface area (Å²) in [7, 11) is 0. The molecule has 3 rings (SSSR count). The second-order valence-electron chi connectivity index (χ2n) is 6.54. The molecule has 31 heavy (non-hydrogen) atoms. The number of non-ortho nitro benzene ring substituents is 1. The Hall–Kier alpha value is -3.72. The third-order valence-corrected chi connectivity index (χ3v) is 5.34. The number of thioether (sulfide) groups is 1. The highest BCUT2D eigenvalue weighted by molar-refractivity contribution is 8.00. The Morgan fingerprint density at radius 2 is 1.58 bits per heavy atom. The van der Waals surface area contributed by atoms with Gasteiger partial charge in [0.05, 0.1) is 10.2 Å². The highest BCUT2D eigenvalue weighted by atomic mass is 32.2. The molecule has 1 atom stereocenters. The zero-order valence-electron chi connectivity index (χ0n) is 16.4. The van der Waals surface area contributed by atoms with E-state index in [0.29, 0.717) is 11.4 Å². The molecule has 0 aromatic heterocycles. The van der Waals surface area contributed by atoms with E-state index in [4.69, 9.17) is 0 Å². The highest BCUT2D eigenvalue weighted by Crippen LogP contribution is 2.26. The maximum absolute atomic E-state index is 13.0. The summed E-state index contributed by atoms with van der Waals surface area (Å²) in [6, 6.07) is 17.9. The second kappa shape index (κ2) is 9.86. The largest absolute Gasteiger partial charge is 0.325 e. The van der Waals surface area contributed by atoms with Gasteiger partial charge in [-0.3, -0.25) is 19.7 Å². The van der Waals surface area contributed by atoms with E-state index >= 15 is 0 Å². The first-order valence-electron chi connectivity index (χ1n) is 9.21. The van der Waals surface area contributed by atoms with Crippen LogP contribution in [0.2, 0.25) is 0 Å². The van der Waals surface area contributed by atoms with Crippen molar-refractivity contribution in [3.8, 4) is 0 Å². The molecule has 0 spiro atoms. The molecule has 9 heteroatoms. The van der Waals surface area contributed by atoms with Crippen LogP contribution < -0.4 is 10.6 Å². The molecule has 0 saturated heterocycles. The highest BCUT2D eigenvalue weighted by Gasteiger charge is 2.15. The van der Waals surface area contributed by atoms with Gasteiger partial charge in [-0.2, -0.15) is 0 Å². The van der Waals surface area contributed by atoms with Crippen molar-refractivity contribution in [2.24, 2.45) is 0 Å². The van der Waals surface area contributed by atoms with Crippen LogP contribution in [0.5, 0.6) is 0 Å². The number of halogens is 1. The molecular weight excluding hydrogens is 421 g/mol. The molecule has 0 bridgehead atoms. The van der Waals surface area contributed by atoms with Gasteiger partial charge in [0.2, 0.25) is 5.91 Å². The van der Waals surface area contributed by atoms with E-state index in [2.05, 4.69) is 10.6 Å². The predicted octanol–water partition coefficient (Wildman–Crippen LogP) is 5.11. The molecule has 0 aliphatic heterocycles. The van der Waals surface area contributed by atoms with Crippen molar-refractivity contribution in [2.45, 2.75) is 17.1 Å². The van der Waals surface area contributed by atoms with Crippen LogP contribution in [0.25, 0.3) is 0 Å². The summed E-state index contributed by atoms with van der Waals surface area (Å²) >= 11 is 1.33. The van der Waals surface area contributed by atoms with Gasteiger partial charge >= 0.3 is 0 Å². The molecule has 0 aliphatic rings. The van der Waals surface area contributed by atoms with Crippen molar-refractivity contribution in [1.29, 1.82) is 0 Å². The third-order valence-electron chi connectivity index (χ3n) is 4.23. The Labute approximate surface area is 181 Å². The van der Waals surface area contributed by atoms with Gasteiger partial charge in [-0.15, -0.1) is 11.8 Å². The lowest BCUT2D eigenvalue weighted by Crippen LogP contribution is -2.22. The minimum Gasteiger partial charge on any atom is -0.325 e. The van der Waals surface area contributed by atoms with E-state index in [1.165, 1.54) is 60.3 Å². The summed E-state index contributed by atoms with van der Waals surface area (Å²) in [5, 5.41) is 15.9. The molecule has 3 aromatic carbocycles. The van der Waals surface area contributed by atoms with Gasteiger partial charge < -0.3 is 10.6 Å². The number of nitro groups is 1. The smallest absolute Gasteiger partial charge is 0.270 e. The fraction of sp³-hybridized carbons (Fsp3) is 0.0909. The first-order valence-corrected chi connectivity index (χ1v) is 10.1. The van der Waals surface area contributed by atoms with E-state index < -0.39 is 16.1 Å². The lowest BCUT2D eigenvalue weighted by Gasteiger charge is -2.12. The number of amides is 2. The maximum atomic E-state index is 13.0. The average Bonchev–Trinajstić information content (AvgIpc) is 2.76. The number of anilines is 2. The van der Waals surface area contributed by atoms with Crippen LogP contribution in [0.3, 0.4) is 0 Å². The molecule has 2 amide bonds. The van der Waals surface area contributed by atoms with Crippen molar-refractivity contribution in [1.82, 2.24) is 0 Å². The van der Waals surface area contributed by atoms with Gasteiger partial charge in [0.25, 0.3) is 11.6 Å². The molecule has 3 aromatic rings.